The third-order valence-corrected chi connectivity index (χ3v) is 5.18. The fourth-order valence-electron chi connectivity index (χ4n) is 2.12. The van der Waals surface area contributed by atoms with Gasteiger partial charge in [-0.05, 0) is 23.8 Å². The molecule has 1 rings (SSSR count). The van der Waals surface area contributed by atoms with Gasteiger partial charge in [-0.3, -0.25) is 4.79 Å². The van der Waals surface area contributed by atoms with Crippen molar-refractivity contribution in [3.05, 3.63) is 29.3 Å². The van der Waals surface area contributed by atoms with E-state index in [4.69, 9.17) is 5.73 Å². The van der Waals surface area contributed by atoms with E-state index in [0.717, 1.165) is 16.4 Å². The Hall–Kier alpha value is -1.65. The Labute approximate surface area is 138 Å². The number of halogens is 3. The number of benzene rings is 1. The highest BCUT2D eigenvalue weighted by atomic mass is 32.2. The Morgan fingerprint density at radius 1 is 1.21 bits per heavy atom. The van der Waals surface area contributed by atoms with Crippen molar-refractivity contribution < 1.29 is 26.4 Å². The average molecular weight is 367 g/mol. The zero-order valence-electron chi connectivity index (χ0n) is 13.4. The SMILES string of the molecule is CCN(CC)S(=O)(=O)CC(=O)Nc1cc(CN)cc(C(F)(F)F)c1. The molecule has 0 spiro atoms. The van der Waals surface area contributed by atoms with E-state index in [0.29, 0.717) is 0 Å². The number of nitrogens with one attached hydrogen (secondary N) is 1. The molecule has 136 valence electrons. The zero-order valence-corrected chi connectivity index (χ0v) is 14.2. The third kappa shape index (κ3) is 5.46. The third-order valence-electron chi connectivity index (χ3n) is 3.25. The summed E-state index contributed by atoms with van der Waals surface area (Å²) in [6, 6.07) is 2.89. The van der Waals surface area contributed by atoms with Crippen LogP contribution in [0.4, 0.5) is 18.9 Å². The van der Waals surface area contributed by atoms with Crippen LogP contribution in [0.1, 0.15) is 25.0 Å². The van der Waals surface area contributed by atoms with Gasteiger partial charge in [0.05, 0.1) is 5.56 Å². The number of hydrogen-bond donors (Lipinski definition) is 2. The van der Waals surface area contributed by atoms with E-state index in [9.17, 15) is 26.4 Å². The molecule has 0 saturated heterocycles. The first-order valence-corrected chi connectivity index (χ1v) is 8.83. The fourth-order valence-corrected chi connectivity index (χ4v) is 3.49. The second-order valence-corrected chi connectivity index (χ2v) is 6.98. The Balaban J connectivity index is 2.99. The van der Waals surface area contributed by atoms with Gasteiger partial charge in [0, 0.05) is 25.3 Å². The lowest BCUT2D eigenvalue weighted by Gasteiger charge is -2.18. The fraction of sp³-hybridized carbons (Fsp3) is 0.500. The van der Waals surface area contributed by atoms with Crippen molar-refractivity contribution in [3.63, 3.8) is 0 Å². The Bertz CT molecular complexity index is 686. The number of alkyl halides is 3. The first kappa shape index (κ1) is 20.4. The maximum atomic E-state index is 12.8. The minimum absolute atomic E-state index is 0.148. The highest BCUT2D eigenvalue weighted by Gasteiger charge is 2.31. The molecule has 1 aromatic carbocycles. The molecular formula is C14H20F3N3O3S. The monoisotopic (exact) mass is 367 g/mol. The van der Waals surface area contributed by atoms with Gasteiger partial charge in [-0.1, -0.05) is 13.8 Å². The second-order valence-electron chi connectivity index (χ2n) is 5.01. The van der Waals surface area contributed by atoms with Crippen LogP contribution in [0, 0.1) is 0 Å². The Morgan fingerprint density at radius 3 is 2.25 bits per heavy atom. The molecule has 3 N–H and O–H groups in total. The molecule has 0 aromatic heterocycles. The van der Waals surface area contributed by atoms with E-state index in [1.165, 1.54) is 6.07 Å². The summed E-state index contributed by atoms with van der Waals surface area (Å²) in [5, 5.41) is 2.19. The van der Waals surface area contributed by atoms with Crippen molar-refractivity contribution in [2.75, 3.05) is 24.2 Å². The zero-order chi connectivity index (χ0) is 18.5. The summed E-state index contributed by atoms with van der Waals surface area (Å²) in [4.78, 5) is 11.9. The molecule has 0 heterocycles. The van der Waals surface area contributed by atoms with E-state index >= 15 is 0 Å². The molecule has 10 heteroatoms. The van der Waals surface area contributed by atoms with Crippen molar-refractivity contribution in [2.24, 2.45) is 5.73 Å². The van der Waals surface area contributed by atoms with E-state index in [-0.39, 0.29) is 30.9 Å². The normalized spacial score (nSPS) is 12.5. The maximum Gasteiger partial charge on any atom is 0.416 e. The quantitative estimate of drug-likeness (QED) is 0.768. The van der Waals surface area contributed by atoms with Gasteiger partial charge in [0.2, 0.25) is 15.9 Å². The topological polar surface area (TPSA) is 92.5 Å². The molecule has 0 saturated carbocycles. The lowest BCUT2D eigenvalue weighted by molar-refractivity contribution is -0.137. The van der Waals surface area contributed by atoms with Gasteiger partial charge in [-0.15, -0.1) is 0 Å². The first-order valence-electron chi connectivity index (χ1n) is 7.22. The molecule has 0 unspecified atom stereocenters. The molecule has 0 atom stereocenters. The number of rotatable bonds is 7. The number of carbonyl (C=O) groups excluding carboxylic acids is 1. The Kier molecular flexibility index (Phi) is 6.76. The summed E-state index contributed by atoms with van der Waals surface area (Å²) in [6.07, 6.45) is -4.60. The van der Waals surface area contributed by atoms with Gasteiger partial charge in [-0.25, -0.2) is 12.7 Å². The molecule has 0 fully saturated rings. The largest absolute Gasteiger partial charge is 0.416 e. The number of amides is 1. The molecule has 0 aliphatic rings. The molecule has 0 bridgehead atoms. The van der Waals surface area contributed by atoms with Gasteiger partial charge in [0.1, 0.15) is 5.75 Å². The molecule has 0 aliphatic carbocycles. The molecule has 1 aromatic rings. The number of hydrogen-bond acceptors (Lipinski definition) is 4. The molecule has 6 nitrogen and oxygen atoms in total. The first-order chi connectivity index (χ1) is 11.0. The minimum atomic E-state index is -4.60. The van der Waals surface area contributed by atoms with Gasteiger partial charge < -0.3 is 11.1 Å². The van der Waals surface area contributed by atoms with Crippen LogP contribution < -0.4 is 11.1 Å². The van der Waals surface area contributed by atoms with Gasteiger partial charge in [0.15, 0.2) is 0 Å². The summed E-state index contributed by atoms with van der Waals surface area (Å²) in [6.45, 7) is 3.50. The number of sulfonamides is 1. The van der Waals surface area contributed by atoms with Gasteiger partial charge in [-0.2, -0.15) is 13.2 Å². The van der Waals surface area contributed by atoms with Crippen LogP contribution in [-0.2, 0) is 27.5 Å². The highest BCUT2D eigenvalue weighted by Crippen LogP contribution is 2.32. The van der Waals surface area contributed by atoms with Crippen LogP contribution in [0.25, 0.3) is 0 Å². The lowest BCUT2D eigenvalue weighted by Crippen LogP contribution is -2.36. The van der Waals surface area contributed by atoms with E-state index in [2.05, 4.69) is 5.32 Å². The van der Waals surface area contributed by atoms with Gasteiger partial charge >= 0.3 is 6.18 Å². The lowest BCUT2D eigenvalue weighted by atomic mass is 10.1. The van der Waals surface area contributed by atoms with Crippen molar-refractivity contribution in [2.45, 2.75) is 26.6 Å². The number of anilines is 1. The number of nitrogens with zero attached hydrogens (tertiary/aromatic N) is 1. The van der Waals surface area contributed by atoms with E-state index < -0.39 is 33.4 Å². The number of nitrogens with two attached hydrogens (primary N) is 1. The highest BCUT2D eigenvalue weighted by molar-refractivity contribution is 7.89. The van der Waals surface area contributed by atoms with Gasteiger partial charge in [0.25, 0.3) is 0 Å². The Morgan fingerprint density at radius 2 is 1.79 bits per heavy atom. The van der Waals surface area contributed by atoms with E-state index in [1.807, 2.05) is 0 Å². The summed E-state index contributed by atoms with van der Waals surface area (Å²) in [5.41, 5.74) is 4.42. The van der Waals surface area contributed by atoms with Crippen LogP contribution in [0.3, 0.4) is 0 Å². The predicted molar refractivity (Wildman–Crippen MR) is 84.7 cm³/mol. The summed E-state index contributed by atoms with van der Waals surface area (Å²) in [5.74, 6) is -1.76. The van der Waals surface area contributed by atoms with Crippen molar-refractivity contribution in [1.29, 1.82) is 0 Å². The summed E-state index contributed by atoms with van der Waals surface area (Å²) in [7, 11) is -3.82. The van der Waals surface area contributed by atoms with Crippen LogP contribution in [0.5, 0.6) is 0 Å². The van der Waals surface area contributed by atoms with Crippen molar-refractivity contribution in [1.82, 2.24) is 4.31 Å². The van der Waals surface area contributed by atoms with Crippen molar-refractivity contribution >= 4 is 21.6 Å². The second kappa shape index (κ2) is 7.95. The number of carbonyl (C=O) groups is 1. The smallest absolute Gasteiger partial charge is 0.326 e. The van der Waals surface area contributed by atoms with Crippen LogP contribution in [-0.4, -0.2) is 37.5 Å². The summed E-state index contributed by atoms with van der Waals surface area (Å²) < 4.78 is 63.6. The van der Waals surface area contributed by atoms with E-state index in [1.54, 1.807) is 13.8 Å². The standard InChI is InChI=1S/C14H20F3N3O3S/c1-3-20(4-2)24(22,23)9-13(21)19-12-6-10(8-18)5-11(7-12)14(15,16)17/h5-7H,3-4,8-9,18H2,1-2H3,(H,19,21). The summed E-state index contributed by atoms with van der Waals surface area (Å²) >= 11 is 0. The van der Waals surface area contributed by atoms with Crippen LogP contribution >= 0.6 is 0 Å². The van der Waals surface area contributed by atoms with Crippen LogP contribution in [0.2, 0.25) is 0 Å². The molecule has 24 heavy (non-hydrogen) atoms. The molecular weight excluding hydrogens is 347 g/mol. The molecule has 1 amide bonds. The maximum absolute atomic E-state index is 12.8. The van der Waals surface area contributed by atoms with Crippen LogP contribution in [0.15, 0.2) is 18.2 Å². The molecule has 0 radical (unpaired) electrons. The predicted octanol–water partition coefficient (Wildman–Crippen LogP) is 1.77. The van der Waals surface area contributed by atoms with Crippen molar-refractivity contribution in [3.8, 4) is 0 Å². The average Bonchev–Trinajstić information content (AvgIpc) is 2.45. The molecule has 0 aliphatic heterocycles. The minimum Gasteiger partial charge on any atom is -0.326 e.